The molecule has 0 N–H and O–H groups in total. The van der Waals surface area contributed by atoms with E-state index in [1.807, 2.05) is 11.9 Å². The fourth-order valence-electron chi connectivity index (χ4n) is 2.43. The third-order valence-electron chi connectivity index (χ3n) is 3.47. The number of carbonyl (C=O) groups is 1. The van der Waals surface area contributed by atoms with E-state index >= 15 is 0 Å². The van der Waals surface area contributed by atoms with E-state index in [0.29, 0.717) is 18.0 Å². The van der Waals surface area contributed by atoms with Crippen LogP contribution < -0.4 is 0 Å². The van der Waals surface area contributed by atoms with Crippen molar-refractivity contribution in [1.82, 2.24) is 4.90 Å². The molecule has 19 heavy (non-hydrogen) atoms. The Labute approximate surface area is 113 Å². The van der Waals surface area contributed by atoms with Gasteiger partial charge in [0.1, 0.15) is 5.82 Å². The molecular weight excluding hydrogens is 245 g/mol. The van der Waals surface area contributed by atoms with E-state index in [2.05, 4.69) is 0 Å². The maximum atomic E-state index is 13.1. The number of hydrogen-bond acceptors (Lipinski definition) is 3. The lowest BCUT2D eigenvalue weighted by Crippen LogP contribution is -2.33. The summed E-state index contributed by atoms with van der Waals surface area (Å²) < 4.78 is 18.4. The molecule has 1 aromatic rings. The lowest BCUT2D eigenvalue weighted by molar-refractivity contribution is 0.0549. The van der Waals surface area contributed by atoms with Gasteiger partial charge in [0, 0.05) is 25.3 Å². The van der Waals surface area contributed by atoms with Gasteiger partial charge in [-0.05, 0) is 37.9 Å². The number of carbonyl (C=O) groups excluding carboxylic acids is 1. The van der Waals surface area contributed by atoms with Crippen molar-refractivity contribution in [2.24, 2.45) is 5.92 Å². The molecule has 0 spiro atoms. The monoisotopic (exact) mass is 265 g/mol. The van der Waals surface area contributed by atoms with E-state index in [-0.39, 0.29) is 11.6 Å². The number of benzene rings is 1. The number of halogens is 1. The minimum Gasteiger partial charge on any atom is -0.381 e. The van der Waals surface area contributed by atoms with Crippen LogP contribution in [0.1, 0.15) is 23.2 Å². The van der Waals surface area contributed by atoms with E-state index in [0.717, 1.165) is 32.6 Å². The largest absolute Gasteiger partial charge is 0.381 e. The zero-order valence-electron chi connectivity index (χ0n) is 11.3. The fraction of sp³-hybridized carbons (Fsp3) is 0.533. The maximum absolute atomic E-state index is 13.1. The zero-order valence-corrected chi connectivity index (χ0v) is 11.3. The van der Waals surface area contributed by atoms with Gasteiger partial charge in [0.25, 0.3) is 0 Å². The second-order valence-electron chi connectivity index (χ2n) is 5.19. The van der Waals surface area contributed by atoms with Gasteiger partial charge < -0.3 is 4.74 Å². The molecule has 1 saturated heterocycles. The average molecular weight is 265 g/mol. The minimum absolute atomic E-state index is 0.0333. The lowest BCUT2D eigenvalue weighted by atomic mass is 9.99. The summed E-state index contributed by atoms with van der Waals surface area (Å²) in [4.78, 5) is 14.0. The molecule has 1 aliphatic rings. The molecule has 1 aliphatic heterocycles. The van der Waals surface area contributed by atoms with Crippen LogP contribution in [0, 0.1) is 11.7 Å². The Morgan fingerprint density at radius 3 is 2.84 bits per heavy atom. The van der Waals surface area contributed by atoms with Crippen molar-refractivity contribution in [2.75, 3.05) is 33.4 Å². The minimum atomic E-state index is -0.363. The van der Waals surface area contributed by atoms with Crippen LogP contribution in [-0.2, 0) is 4.74 Å². The predicted octanol–water partition coefficient (Wildman–Crippen LogP) is 2.37. The average Bonchev–Trinajstić information content (AvgIpc) is 2.39. The Morgan fingerprint density at radius 2 is 2.16 bits per heavy atom. The Morgan fingerprint density at radius 1 is 1.42 bits per heavy atom. The summed E-state index contributed by atoms with van der Waals surface area (Å²) in [5.41, 5.74) is 0.443. The second kappa shape index (κ2) is 6.78. The molecule has 4 heteroatoms. The molecule has 0 radical (unpaired) electrons. The van der Waals surface area contributed by atoms with Gasteiger partial charge in [-0.25, -0.2) is 4.39 Å². The van der Waals surface area contributed by atoms with Gasteiger partial charge in [0.15, 0.2) is 5.78 Å². The number of nitrogens with zero attached hydrogens (tertiary/aromatic N) is 1. The number of likely N-dealkylation sites (N-methyl/N-ethyl adjacent to an activating group) is 1. The molecule has 0 saturated carbocycles. The Kier molecular flexibility index (Phi) is 5.05. The third-order valence-corrected chi connectivity index (χ3v) is 3.47. The highest BCUT2D eigenvalue weighted by Crippen LogP contribution is 2.15. The summed E-state index contributed by atoms with van der Waals surface area (Å²) in [6.07, 6.45) is 2.11. The highest BCUT2D eigenvalue weighted by molar-refractivity contribution is 5.97. The van der Waals surface area contributed by atoms with Crippen molar-refractivity contribution >= 4 is 5.78 Å². The lowest BCUT2D eigenvalue weighted by Gasteiger charge is -2.26. The SMILES string of the molecule is CN(CC(=O)c1cccc(F)c1)CC1CCOCC1. The first-order valence-electron chi connectivity index (χ1n) is 6.70. The zero-order chi connectivity index (χ0) is 13.7. The normalized spacial score (nSPS) is 16.8. The van der Waals surface area contributed by atoms with E-state index in [1.54, 1.807) is 12.1 Å². The predicted molar refractivity (Wildman–Crippen MR) is 71.8 cm³/mol. The molecule has 0 bridgehead atoms. The van der Waals surface area contributed by atoms with Crippen LogP contribution in [-0.4, -0.2) is 44.0 Å². The van der Waals surface area contributed by atoms with Crippen molar-refractivity contribution in [3.05, 3.63) is 35.6 Å². The Bertz CT molecular complexity index is 430. The standard InChI is InChI=1S/C15H20FNO2/c1-17(10-12-5-7-19-8-6-12)11-15(18)13-3-2-4-14(16)9-13/h2-4,9,12H,5-8,10-11H2,1H3. The second-order valence-corrected chi connectivity index (χ2v) is 5.19. The summed E-state index contributed by atoms with van der Waals surface area (Å²) in [7, 11) is 1.94. The number of ether oxygens (including phenoxy) is 1. The molecule has 1 aromatic carbocycles. The molecule has 0 aliphatic carbocycles. The van der Waals surface area contributed by atoms with Gasteiger partial charge in [-0.2, -0.15) is 0 Å². The Balaban J connectivity index is 1.84. The van der Waals surface area contributed by atoms with Crippen LogP contribution in [0.4, 0.5) is 4.39 Å². The summed E-state index contributed by atoms with van der Waals surface area (Å²) in [5, 5.41) is 0. The molecule has 0 aromatic heterocycles. The van der Waals surface area contributed by atoms with E-state index in [4.69, 9.17) is 4.74 Å². The quantitative estimate of drug-likeness (QED) is 0.765. The Hall–Kier alpha value is -1.26. The summed E-state index contributed by atoms with van der Waals surface area (Å²) in [5.74, 6) is 0.200. The van der Waals surface area contributed by atoms with Crippen molar-refractivity contribution in [1.29, 1.82) is 0 Å². The summed E-state index contributed by atoms with van der Waals surface area (Å²) in [6, 6.07) is 5.88. The van der Waals surface area contributed by atoms with Crippen LogP contribution in [0.25, 0.3) is 0 Å². The fourth-order valence-corrected chi connectivity index (χ4v) is 2.43. The molecule has 3 nitrogen and oxygen atoms in total. The topological polar surface area (TPSA) is 29.5 Å². The third kappa shape index (κ3) is 4.40. The van der Waals surface area contributed by atoms with Crippen molar-refractivity contribution in [2.45, 2.75) is 12.8 Å². The van der Waals surface area contributed by atoms with E-state index in [1.165, 1.54) is 12.1 Å². The smallest absolute Gasteiger partial charge is 0.176 e. The molecule has 1 fully saturated rings. The maximum Gasteiger partial charge on any atom is 0.176 e. The van der Waals surface area contributed by atoms with E-state index in [9.17, 15) is 9.18 Å². The van der Waals surface area contributed by atoms with Gasteiger partial charge in [-0.3, -0.25) is 9.69 Å². The molecule has 0 atom stereocenters. The van der Waals surface area contributed by atoms with Gasteiger partial charge in [-0.15, -0.1) is 0 Å². The summed E-state index contributed by atoms with van der Waals surface area (Å²) >= 11 is 0. The van der Waals surface area contributed by atoms with Crippen LogP contribution >= 0.6 is 0 Å². The molecule has 0 unspecified atom stereocenters. The highest BCUT2D eigenvalue weighted by atomic mass is 19.1. The molecular formula is C15H20FNO2. The van der Waals surface area contributed by atoms with E-state index < -0.39 is 0 Å². The number of hydrogen-bond donors (Lipinski definition) is 0. The highest BCUT2D eigenvalue weighted by Gasteiger charge is 2.17. The van der Waals surface area contributed by atoms with Crippen molar-refractivity contribution in [3.8, 4) is 0 Å². The van der Waals surface area contributed by atoms with Gasteiger partial charge >= 0.3 is 0 Å². The van der Waals surface area contributed by atoms with Gasteiger partial charge in [0.05, 0.1) is 6.54 Å². The van der Waals surface area contributed by atoms with Crippen LogP contribution in [0.3, 0.4) is 0 Å². The number of rotatable bonds is 5. The molecule has 104 valence electrons. The van der Waals surface area contributed by atoms with Crippen LogP contribution in [0.5, 0.6) is 0 Å². The van der Waals surface area contributed by atoms with Crippen molar-refractivity contribution in [3.63, 3.8) is 0 Å². The number of ketones is 1. The molecule has 1 heterocycles. The first-order valence-corrected chi connectivity index (χ1v) is 6.70. The first kappa shape index (κ1) is 14.2. The summed E-state index contributed by atoms with van der Waals surface area (Å²) in [6.45, 7) is 2.86. The molecule has 0 amide bonds. The van der Waals surface area contributed by atoms with Crippen LogP contribution in [0.15, 0.2) is 24.3 Å². The van der Waals surface area contributed by atoms with Crippen molar-refractivity contribution < 1.29 is 13.9 Å². The van der Waals surface area contributed by atoms with Crippen LogP contribution in [0.2, 0.25) is 0 Å². The number of Topliss-reactive ketones (excluding diaryl/α,β-unsaturated/α-hetero) is 1. The first-order chi connectivity index (χ1) is 9.15. The van der Waals surface area contributed by atoms with Gasteiger partial charge in [0.2, 0.25) is 0 Å². The molecule has 2 rings (SSSR count). The van der Waals surface area contributed by atoms with Gasteiger partial charge in [-0.1, -0.05) is 12.1 Å².